The fraction of sp³-hybridized carbons (Fsp3) is 0.263. The Morgan fingerprint density at radius 2 is 1.96 bits per heavy atom. The van der Waals surface area contributed by atoms with Crippen molar-refractivity contribution >= 4 is 11.3 Å². The number of aliphatic hydroxyl groups excluding tert-OH is 1. The van der Waals surface area contributed by atoms with Crippen LogP contribution in [-0.4, -0.2) is 27.1 Å². The van der Waals surface area contributed by atoms with Gasteiger partial charge in [0.2, 0.25) is 0 Å². The van der Waals surface area contributed by atoms with Crippen molar-refractivity contribution in [3.63, 3.8) is 0 Å². The Morgan fingerprint density at radius 3 is 2.67 bits per heavy atom. The molecule has 0 saturated heterocycles. The zero-order valence-corrected chi connectivity index (χ0v) is 13.9. The van der Waals surface area contributed by atoms with Gasteiger partial charge in [0.25, 0.3) is 5.56 Å². The third kappa shape index (κ3) is 3.63. The second-order valence-corrected chi connectivity index (χ2v) is 6.09. The number of hydrogen-bond donors (Lipinski definition) is 1. The molecule has 0 aliphatic rings. The van der Waals surface area contributed by atoms with Crippen LogP contribution < -0.4 is 10.5 Å². The number of hydrogen-bond acceptors (Lipinski definition) is 4. The molecule has 24 heavy (non-hydrogen) atoms. The van der Waals surface area contributed by atoms with Crippen molar-refractivity contribution in [3.8, 4) is 0 Å². The maximum absolute atomic E-state index is 12.3. The normalized spacial score (nSPS) is 12.3. The molecule has 0 amide bonds. The highest BCUT2D eigenvalue weighted by Crippen LogP contribution is 2.16. The van der Waals surface area contributed by atoms with Crippen LogP contribution in [0.1, 0.15) is 18.2 Å². The van der Waals surface area contributed by atoms with Gasteiger partial charge >= 0.3 is 0 Å². The van der Waals surface area contributed by atoms with Gasteiger partial charge in [-0.3, -0.25) is 9.20 Å². The molecular formula is C19H21N3O2. The maximum atomic E-state index is 12.3. The van der Waals surface area contributed by atoms with E-state index in [1.165, 1.54) is 0 Å². The minimum absolute atomic E-state index is 0.0937. The van der Waals surface area contributed by atoms with Gasteiger partial charge in [0.15, 0.2) is 0 Å². The van der Waals surface area contributed by atoms with E-state index < -0.39 is 6.10 Å². The average Bonchev–Trinajstić information content (AvgIpc) is 2.55. The largest absolute Gasteiger partial charge is 0.392 e. The molecule has 3 rings (SSSR count). The van der Waals surface area contributed by atoms with Gasteiger partial charge in [-0.2, -0.15) is 0 Å². The van der Waals surface area contributed by atoms with Crippen LogP contribution in [0, 0.1) is 6.92 Å². The third-order valence-corrected chi connectivity index (χ3v) is 3.82. The highest BCUT2D eigenvalue weighted by atomic mass is 16.3. The highest BCUT2D eigenvalue weighted by molar-refractivity contribution is 5.47. The summed E-state index contributed by atoms with van der Waals surface area (Å²) in [6, 6.07) is 15.2. The smallest absolute Gasteiger partial charge is 0.258 e. The van der Waals surface area contributed by atoms with Crippen LogP contribution >= 0.6 is 0 Å². The van der Waals surface area contributed by atoms with Crippen LogP contribution in [0.4, 0.5) is 5.69 Å². The quantitative estimate of drug-likeness (QED) is 0.783. The molecule has 0 aliphatic heterocycles. The van der Waals surface area contributed by atoms with Gasteiger partial charge in [-0.25, -0.2) is 4.98 Å². The van der Waals surface area contributed by atoms with Crippen LogP contribution in [0.5, 0.6) is 0 Å². The number of aliphatic hydroxyl groups is 1. The van der Waals surface area contributed by atoms with Crippen LogP contribution in [0.2, 0.25) is 0 Å². The zero-order chi connectivity index (χ0) is 17.1. The molecule has 0 spiro atoms. The van der Waals surface area contributed by atoms with E-state index in [0.29, 0.717) is 24.4 Å². The standard InChI is InChI=1S/C19H21N3O2/c1-14-8-9-18-20-16(10-19(24)22(18)11-14)13-21(12-15(2)23)17-6-4-3-5-7-17/h3-11,15,23H,12-13H2,1-2H3. The van der Waals surface area contributed by atoms with Gasteiger partial charge in [-0.05, 0) is 37.6 Å². The average molecular weight is 323 g/mol. The molecule has 0 radical (unpaired) electrons. The Balaban J connectivity index is 1.96. The molecule has 1 aromatic carbocycles. The van der Waals surface area contributed by atoms with Crippen molar-refractivity contribution < 1.29 is 5.11 Å². The number of aromatic nitrogens is 2. The van der Waals surface area contributed by atoms with Crippen molar-refractivity contribution in [2.24, 2.45) is 0 Å². The zero-order valence-electron chi connectivity index (χ0n) is 13.9. The molecule has 3 aromatic rings. The summed E-state index contributed by atoms with van der Waals surface area (Å²) in [5.74, 6) is 0. The lowest BCUT2D eigenvalue weighted by Gasteiger charge is -2.26. The summed E-state index contributed by atoms with van der Waals surface area (Å²) in [6.45, 7) is 4.63. The Hall–Kier alpha value is -2.66. The first-order valence-electron chi connectivity index (χ1n) is 8.00. The van der Waals surface area contributed by atoms with E-state index in [1.807, 2.05) is 54.3 Å². The maximum Gasteiger partial charge on any atom is 0.258 e. The Kier molecular flexibility index (Phi) is 4.62. The Morgan fingerprint density at radius 1 is 1.21 bits per heavy atom. The number of benzene rings is 1. The minimum Gasteiger partial charge on any atom is -0.392 e. The number of pyridine rings is 1. The summed E-state index contributed by atoms with van der Waals surface area (Å²) >= 11 is 0. The molecule has 1 N–H and O–H groups in total. The van der Waals surface area contributed by atoms with Crippen molar-refractivity contribution in [1.29, 1.82) is 0 Å². The van der Waals surface area contributed by atoms with E-state index in [9.17, 15) is 9.90 Å². The van der Waals surface area contributed by atoms with Crippen molar-refractivity contribution in [3.05, 3.63) is 76.3 Å². The monoisotopic (exact) mass is 323 g/mol. The topological polar surface area (TPSA) is 57.8 Å². The first-order valence-corrected chi connectivity index (χ1v) is 8.00. The van der Waals surface area contributed by atoms with Gasteiger partial charge in [0.05, 0.1) is 18.3 Å². The van der Waals surface area contributed by atoms with E-state index in [4.69, 9.17) is 0 Å². The fourth-order valence-electron chi connectivity index (χ4n) is 2.75. The van der Waals surface area contributed by atoms with Gasteiger partial charge < -0.3 is 10.0 Å². The number of anilines is 1. The van der Waals surface area contributed by atoms with Gasteiger partial charge in [-0.1, -0.05) is 24.3 Å². The van der Waals surface area contributed by atoms with Crippen LogP contribution in [-0.2, 0) is 6.54 Å². The van der Waals surface area contributed by atoms with E-state index in [-0.39, 0.29) is 5.56 Å². The van der Waals surface area contributed by atoms with Gasteiger partial charge in [-0.15, -0.1) is 0 Å². The Labute approximate surface area is 140 Å². The molecule has 0 saturated carbocycles. The summed E-state index contributed by atoms with van der Waals surface area (Å²) in [5.41, 5.74) is 3.23. The van der Waals surface area contributed by atoms with E-state index in [0.717, 1.165) is 11.3 Å². The number of aryl methyl sites for hydroxylation is 1. The summed E-state index contributed by atoms with van der Waals surface area (Å²) in [7, 11) is 0. The number of rotatable bonds is 5. The second kappa shape index (κ2) is 6.84. The first-order chi connectivity index (χ1) is 11.5. The molecular weight excluding hydrogens is 302 g/mol. The van der Waals surface area contributed by atoms with Gasteiger partial charge in [0, 0.05) is 24.5 Å². The van der Waals surface area contributed by atoms with E-state index in [2.05, 4.69) is 4.98 Å². The van der Waals surface area contributed by atoms with Crippen LogP contribution in [0.15, 0.2) is 59.5 Å². The lowest BCUT2D eigenvalue weighted by Crippen LogP contribution is -2.31. The third-order valence-electron chi connectivity index (χ3n) is 3.82. The number of fused-ring (bicyclic) bond motifs is 1. The lowest BCUT2D eigenvalue weighted by atomic mass is 10.2. The van der Waals surface area contributed by atoms with E-state index in [1.54, 1.807) is 23.6 Å². The summed E-state index contributed by atoms with van der Waals surface area (Å²) in [4.78, 5) is 19.0. The molecule has 0 bridgehead atoms. The number of para-hydroxylation sites is 1. The SMILES string of the molecule is Cc1ccc2nc(CN(CC(C)O)c3ccccc3)cc(=O)n2c1. The molecule has 1 unspecified atom stereocenters. The molecule has 2 heterocycles. The van der Waals surface area contributed by atoms with Crippen molar-refractivity contribution in [2.75, 3.05) is 11.4 Å². The molecule has 1 atom stereocenters. The lowest BCUT2D eigenvalue weighted by molar-refractivity contribution is 0.199. The molecule has 2 aromatic heterocycles. The predicted molar refractivity (Wildman–Crippen MR) is 95.4 cm³/mol. The fourth-order valence-corrected chi connectivity index (χ4v) is 2.75. The van der Waals surface area contributed by atoms with Crippen LogP contribution in [0.3, 0.4) is 0 Å². The molecule has 5 nitrogen and oxygen atoms in total. The van der Waals surface area contributed by atoms with Crippen molar-refractivity contribution in [2.45, 2.75) is 26.5 Å². The second-order valence-electron chi connectivity index (χ2n) is 6.09. The molecule has 0 fully saturated rings. The molecule has 0 aliphatic carbocycles. The molecule has 124 valence electrons. The van der Waals surface area contributed by atoms with Crippen LogP contribution in [0.25, 0.3) is 5.65 Å². The summed E-state index contributed by atoms with van der Waals surface area (Å²) in [5, 5.41) is 9.79. The minimum atomic E-state index is -0.477. The Bertz CT molecular complexity index is 888. The highest BCUT2D eigenvalue weighted by Gasteiger charge is 2.12. The summed E-state index contributed by atoms with van der Waals surface area (Å²) < 4.78 is 1.56. The van der Waals surface area contributed by atoms with E-state index >= 15 is 0 Å². The van der Waals surface area contributed by atoms with Gasteiger partial charge in [0.1, 0.15) is 5.65 Å². The number of nitrogens with zero attached hydrogens (tertiary/aromatic N) is 3. The van der Waals surface area contributed by atoms with Crippen molar-refractivity contribution in [1.82, 2.24) is 9.38 Å². The predicted octanol–water partition coefficient (Wildman–Crippen LogP) is 2.39. The molecule has 5 heteroatoms. The summed E-state index contributed by atoms with van der Waals surface area (Å²) in [6.07, 6.45) is 1.31. The first kappa shape index (κ1) is 16.2.